The van der Waals surface area contributed by atoms with Crippen LogP contribution in [0.1, 0.15) is 15.9 Å². The first kappa shape index (κ1) is 20.0. The average molecular weight is 442 g/mol. The van der Waals surface area contributed by atoms with Crippen LogP contribution in [0, 0.1) is 6.92 Å². The third-order valence-corrected chi connectivity index (χ3v) is 6.18. The molecule has 0 saturated carbocycles. The number of thiazole rings is 1. The number of benzene rings is 3. The SMILES string of the molecule is COc1ccc2oc(=Nc3ccc(-c4nc5ccc(C)cc5s4)cc3)c(C(N)=O)cc2c1. The topological polar surface area (TPSA) is 90.7 Å². The lowest BCUT2D eigenvalue weighted by Crippen LogP contribution is -2.21. The molecule has 0 atom stereocenters. The quantitative estimate of drug-likeness (QED) is 0.407. The second-order valence-electron chi connectivity index (χ2n) is 7.38. The van der Waals surface area contributed by atoms with E-state index in [4.69, 9.17) is 19.9 Å². The van der Waals surface area contributed by atoms with E-state index in [-0.39, 0.29) is 11.1 Å². The van der Waals surface area contributed by atoms with Gasteiger partial charge in [-0.15, -0.1) is 11.3 Å². The minimum absolute atomic E-state index is 0.165. The molecule has 0 saturated heterocycles. The first-order chi connectivity index (χ1) is 15.5. The van der Waals surface area contributed by atoms with Gasteiger partial charge in [0.2, 0.25) is 5.55 Å². The molecule has 0 bridgehead atoms. The number of methoxy groups -OCH3 is 1. The Kier molecular flexibility index (Phi) is 4.95. The van der Waals surface area contributed by atoms with Gasteiger partial charge in [-0.1, -0.05) is 6.07 Å². The zero-order chi connectivity index (χ0) is 22.2. The van der Waals surface area contributed by atoms with Gasteiger partial charge in [0.15, 0.2) is 0 Å². The number of nitrogens with zero attached hydrogens (tertiary/aromatic N) is 2. The molecule has 5 aromatic rings. The number of hydrogen-bond donors (Lipinski definition) is 1. The summed E-state index contributed by atoms with van der Waals surface area (Å²) in [6, 6.07) is 20.9. The Morgan fingerprint density at radius 3 is 2.62 bits per heavy atom. The summed E-state index contributed by atoms with van der Waals surface area (Å²) in [5.41, 5.74) is 10.4. The number of carbonyl (C=O) groups excluding carboxylic acids is 1. The van der Waals surface area contributed by atoms with E-state index in [9.17, 15) is 4.79 Å². The van der Waals surface area contributed by atoms with Crippen molar-refractivity contribution in [2.75, 3.05) is 7.11 Å². The molecule has 0 aliphatic carbocycles. The largest absolute Gasteiger partial charge is 0.497 e. The first-order valence-electron chi connectivity index (χ1n) is 9.94. The number of ether oxygens (including phenoxy) is 1. The van der Waals surface area contributed by atoms with Gasteiger partial charge in [0, 0.05) is 10.9 Å². The first-order valence-corrected chi connectivity index (χ1v) is 10.8. The number of fused-ring (bicyclic) bond motifs is 2. The monoisotopic (exact) mass is 441 g/mol. The van der Waals surface area contributed by atoms with Crippen LogP contribution in [-0.4, -0.2) is 18.0 Å². The van der Waals surface area contributed by atoms with Gasteiger partial charge in [-0.05, 0) is 73.2 Å². The molecule has 0 unspecified atom stereocenters. The molecular formula is C25H19N3O3S. The van der Waals surface area contributed by atoms with E-state index in [1.165, 1.54) is 5.56 Å². The van der Waals surface area contributed by atoms with Gasteiger partial charge in [-0.25, -0.2) is 9.98 Å². The molecule has 0 radical (unpaired) electrons. The van der Waals surface area contributed by atoms with Crippen LogP contribution in [0.5, 0.6) is 5.75 Å². The third kappa shape index (κ3) is 3.74. The van der Waals surface area contributed by atoms with E-state index in [0.29, 0.717) is 22.4 Å². The fraction of sp³-hybridized carbons (Fsp3) is 0.0800. The molecule has 5 rings (SSSR count). The number of aryl methyl sites for hydroxylation is 1. The Labute approximate surface area is 187 Å². The predicted molar refractivity (Wildman–Crippen MR) is 126 cm³/mol. The van der Waals surface area contributed by atoms with Crippen LogP contribution in [0.3, 0.4) is 0 Å². The number of nitrogens with two attached hydrogens (primary N) is 1. The van der Waals surface area contributed by atoms with Crippen LogP contribution >= 0.6 is 11.3 Å². The highest BCUT2D eigenvalue weighted by Gasteiger charge is 2.11. The molecule has 0 fully saturated rings. The highest BCUT2D eigenvalue weighted by Crippen LogP contribution is 2.31. The number of aromatic nitrogens is 1. The molecule has 7 heteroatoms. The summed E-state index contributed by atoms with van der Waals surface area (Å²) in [5, 5.41) is 1.65. The summed E-state index contributed by atoms with van der Waals surface area (Å²) in [6.07, 6.45) is 0. The van der Waals surface area contributed by atoms with Crippen LogP contribution in [-0.2, 0) is 0 Å². The fourth-order valence-corrected chi connectivity index (χ4v) is 4.52. The number of primary amides is 1. The lowest BCUT2D eigenvalue weighted by atomic mass is 10.1. The van der Waals surface area contributed by atoms with Gasteiger partial charge >= 0.3 is 0 Å². The summed E-state index contributed by atoms with van der Waals surface area (Å²) >= 11 is 1.65. The smallest absolute Gasteiger partial charge is 0.254 e. The summed E-state index contributed by atoms with van der Waals surface area (Å²) in [4.78, 5) is 21.3. The molecular weight excluding hydrogens is 422 g/mol. The summed E-state index contributed by atoms with van der Waals surface area (Å²) < 4.78 is 12.3. The minimum atomic E-state index is -0.612. The van der Waals surface area contributed by atoms with E-state index >= 15 is 0 Å². The van der Waals surface area contributed by atoms with E-state index in [0.717, 1.165) is 20.8 Å². The number of hydrogen-bond acceptors (Lipinski definition) is 6. The third-order valence-electron chi connectivity index (χ3n) is 5.11. The Balaban J connectivity index is 1.55. The van der Waals surface area contributed by atoms with Crippen molar-refractivity contribution in [2.24, 2.45) is 10.7 Å². The maximum absolute atomic E-state index is 12.0. The van der Waals surface area contributed by atoms with Crippen molar-refractivity contribution in [3.8, 4) is 16.3 Å². The lowest BCUT2D eigenvalue weighted by Gasteiger charge is -2.04. The van der Waals surface area contributed by atoms with E-state index in [1.54, 1.807) is 42.7 Å². The zero-order valence-corrected chi connectivity index (χ0v) is 18.3. The van der Waals surface area contributed by atoms with E-state index < -0.39 is 5.91 Å². The maximum Gasteiger partial charge on any atom is 0.254 e. The summed E-state index contributed by atoms with van der Waals surface area (Å²) in [6.45, 7) is 2.07. The molecule has 32 heavy (non-hydrogen) atoms. The molecule has 6 nitrogen and oxygen atoms in total. The number of amides is 1. The van der Waals surface area contributed by atoms with Gasteiger partial charge in [0.25, 0.3) is 5.91 Å². The molecule has 0 aliphatic heterocycles. The van der Waals surface area contributed by atoms with Crippen LogP contribution in [0.15, 0.2) is 76.1 Å². The fourth-order valence-electron chi connectivity index (χ4n) is 3.45. The second-order valence-corrected chi connectivity index (χ2v) is 8.41. The minimum Gasteiger partial charge on any atom is -0.497 e. The van der Waals surface area contributed by atoms with Crippen molar-refractivity contribution in [2.45, 2.75) is 6.92 Å². The Bertz CT molecular complexity index is 1550. The Hall–Kier alpha value is -3.97. The average Bonchev–Trinajstić information content (AvgIpc) is 3.22. The van der Waals surface area contributed by atoms with Crippen LogP contribution in [0.25, 0.3) is 31.8 Å². The van der Waals surface area contributed by atoms with Gasteiger partial charge in [0.05, 0.1) is 23.0 Å². The summed E-state index contributed by atoms with van der Waals surface area (Å²) in [7, 11) is 1.58. The molecule has 158 valence electrons. The normalized spacial score (nSPS) is 11.9. The molecule has 3 aromatic carbocycles. The molecule has 0 aliphatic rings. The second kappa shape index (κ2) is 7.94. The lowest BCUT2D eigenvalue weighted by molar-refractivity contribution is 0.0996. The van der Waals surface area contributed by atoms with Crippen LogP contribution in [0.4, 0.5) is 5.69 Å². The Morgan fingerprint density at radius 1 is 1.06 bits per heavy atom. The predicted octanol–water partition coefficient (Wildman–Crippen LogP) is 5.36. The van der Waals surface area contributed by atoms with Crippen molar-refractivity contribution in [1.82, 2.24) is 4.98 Å². The van der Waals surface area contributed by atoms with Crippen molar-refractivity contribution >= 4 is 44.1 Å². The Morgan fingerprint density at radius 2 is 1.88 bits per heavy atom. The zero-order valence-electron chi connectivity index (χ0n) is 17.5. The molecule has 1 amide bonds. The molecule has 2 heterocycles. The van der Waals surface area contributed by atoms with Crippen LogP contribution < -0.4 is 16.0 Å². The van der Waals surface area contributed by atoms with Gasteiger partial charge in [-0.3, -0.25) is 4.79 Å². The number of carbonyl (C=O) groups is 1. The van der Waals surface area contributed by atoms with Crippen molar-refractivity contribution < 1.29 is 13.9 Å². The highest BCUT2D eigenvalue weighted by atomic mass is 32.1. The molecule has 0 spiro atoms. The number of rotatable bonds is 4. The highest BCUT2D eigenvalue weighted by molar-refractivity contribution is 7.21. The molecule has 2 aromatic heterocycles. The van der Waals surface area contributed by atoms with Gasteiger partial charge in [-0.2, -0.15) is 0 Å². The van der Waals surface area contributed by atoms with Crippen LogP contribution in [0.2, 0.25) is 0 Å². The van der Waals surface area contributed by atoms with Crippen molar-refractivity contribution in [1.29, 1.82) is 0 Å². The molecule has 2 N–H and O–H groups in total. The van der Waals surface area contributed by atoms with Gasteiger partial charge in [0.1, 0.15) is 21.9 Å². The van der Waals surface area contributed by atoms with E-state index in [1.807, 2.05) is 30.3 Å². The van der Waals surface area contributed by atoms with Crippen molar-refractivity contribution in [3.05, 3.63) is 83.4 Å². The van der Waals surface area contributed by atoms with Crippen molar-refractivity contribution in [3.63, 3.8) is 0 Å². The summed E-state index contributed by atoms with van der Waals surface area (Å²) in [5.74, 6) is 0.0482. The standard InChI is InChI=1S/C25H19N3O3S/c1-14-3-9-20-22(11-14)32-25(28-20)15-4-6-17(7-5-15)27-24-19(23(26)29)13-16-12-18(30-2)8-10-21(16)31-24/h3-13H,1-2H3,(H2,26,29). The van der Waals surface area contributed by atoms with E-state index in [2.05, 4.69) is 24.0 Å². The maximum atomic E-state index is 12.0. The van der Waals surface area contributed by atoms with Gasteiger partial charge < -0.3 is 14.9 Å².